The molecule has 1 fully saturated rings. The van der Waals surface area contributed by atoms with Gasteiger partial charge in [-0.15, -0.1) is 0 Å². The third-order valence-electron chi connectivity index (χ3n) is 1.87. The van der Waals surface area contributed by atoms with Gasteiger partial charge >= 0.3 is 0 Å². The van der Waals surface area contributed by atoms with Crippen LogP contribution >= 0.6 is 34.4 Å². The first-order chi connectivity index (χ1) is 5.33. The fourth-order valence-electron chi connectivity index (χ4n) is 1.34. The van der Waals surface area contributed by atoms with E-state index in [0.29, 0.717) is 11.0 Å². The lowest BCUT2D eigenvalue weighted by Crippen LogP contribution is -2.17. The van der Waals surface area contributed by atoms with E-state index in [4.69, 9.17) is 0 Å². The zero-order valence-electron chi connectivity index (χ0n) is 6.51. The minimum Gasteiger partial charge on any atom is -0.300 e. The molecule has 1 atom stereocenters. The van der Waals surface area contributed by atoms with Crippen molar-refractivity contribution >= 4 is 40.1 Å². The standard InChI is InChI=1S/C8H13IOS/c9-4-5-11-8-3-1-2-7(10)6-8/h8H,1-6H2. The molecule has 11 heavy (non-hydrogen) atoms. The van der Waals surface area contributed by atoms with Crippen molar-refractivity contribution in [2.45, 2.75) is 30.9 Å². The average molecular weight is 284 g/mol. The maximum Gasteiger partial charge on any atom is 0.134 e. The van der Waals surface area contributed by atoms with Crippen molar-refractivity contribution in [1.29, 1.82) is 0 Å². The maximum atomic E-state index is 11.0. The van der Waals surface area contributed by atoms with Gasteiger partial charge < -0.3 is 0 Å². The Morgan fingerprint density at radius 1 is 1.64 bits per heavy atom. The normalized spacial score (nSPS) is 25.5. The largest absolute Gasteiger partial charge is 0.300 e. The Bertz CT molecular complexity index is 138. The number of Topliss-reactive ketones (excluding diaryl/α,β-unsaturated/α-hetero) is 1. The summed E-state index contributed by atoms with van der Waals surface area (Å²) in [5.41, 5.74) is 0. The highest BCUT2D eigenvalue weighted by Crippen LogP contribution is 2.26. The maximum absolute atomic E-state index is 11.0. The zero-order valence-corrected chi connectivity index (χ0v) is 9.49. The van der Waals surface area contributed by atoms with Crippen molar-refractivity contribution in [3.05, 3.63) is 0 Å². The second kappa shape index (κ2) is 5.41. The molecule has 64 valence electrons. The van der Waals surface area contributed by atoms with Gasteiger partial charge in [0.25, 0.3) is 0 Å². The lowest BCUT2D eigenvalue weighted by molar-refractivity contribution is -0.120. The molecule has 3 heteroatoms. The molecule has 0 aromatic heterocycles. The molecule has 0 heterocycles. The molecule has 1 nitrogen and oxygen atoms in total. The highest BCUT2D eigenvalue weighted by molar-refractivity contribution is 14.1. The van der Waals surface area contributed by atoms with Crippen molar-refractivity contribution < 1.29 is 4.79 Å². The first-order valence-electron chi connectivity index (χ1n) is 4.02. The Morgan fingerprint density at radius 3 is 3.09 bits per heavy atom. The van der Waals surface area contributed by atoms with Gasteiger partial charge in [-0.1, -0.05) is 22.6 Å². The number of hydrogen-bond donors (Lipinski definition) is 0. The summed E-state index contributed by atoms with van der Waals surface area (Å²) in [5, 5.41) is 0.644. The van der Waals surface area contributed by atoms with Crippen molar-refractivity contribution in [2.75, 3.05) is 10.2 Å². The van der Waals surface area contributed by atoms with Crippen LogP contribution in [0.5, 0.6) is 0 Å². The molecule has 0 aliphatic heterocycles. The van der Waals surface area contributed by atoms with Crippen LogP contribution in [0.4, 0.5) is 0 Å². The third kappa shape index (κ3) is 3.78. The van der Waals surface area contributed by atoms with Crippen molar-refractivity contribution in [3.63, 3.8) is 0 Å². The van der Waals surface area contributed by atoms with Gasteiger partial charge in [0.1, 0.15) is 5.78 Å². The van der Waals surface area contributed by atoms with Gasteiger partial charge in [-0.25, -0.2) is 0 Å². The molecule has 0 spiro atoms. The zero-order chi connectivity index (χ0) is 8.10. The SMILES string of the molecule is O=C1CCCC(SCCI)C1. The van der Waals surface area contributed by atoms with Crippen molar-refractivity contribution in [3.8, 4) is 0 Å². The van der Waals surface area contributed by atoms with Gasteiger partial charge in [0.05, 0.1) is 0 Å². The Kier molecular flexibility index (Phi) is 4.83. The highest BCUT2D eigenvalue weighted by atomic mass is 127. The number of carbonyl (C=O) groups is 1. The Balaban J connectivity index is 2.17. The van der Waals surface area contributed by atoms with Gasteiger partial charge in [-0.05, 0) is 12.8 Å². The first-order valence-corrected chi connectivity index (χ1v) is 6.59. The molecule has 0 radical (unpaired) electrons. The number of rotatable bonds is 3. The number of halogens is 1. The summed E-state index contributed by atoms with van der Waals surface area (Å²) in [4.78, 5) is 11.0. The van der Waals surface area contributed by atoms with Gasteiger partial charge in [-0.3, -0.25) is 4.79 Å². The van der Waals surface area contributed by atoms with E-state index < -0.39 is 0 Å². The topological polar surface area (TPSA) is 17.1 Å². The number of hydrogen-bond acceptors (Lipinski definition) is 2. The smallest absolute Gasteiger partial charge is 0.134 e. The fourth-order valence-corrected chi connectivity index (χ4v) is 3.16. The summed E-state index contributed by atoms with van der Waals surface area (Å²) in [6.07, 6.45) is 4.05. The Labute approximate surface area is 85.8 Å². The van der Waals surface area contributed by atoms with E-state index >= 15 is 0 Å². The Morgan fingerprint density at radius 2 is 2.45 bits per heavy atom. The predicted octanol–water partition coefficient (Wildman–Crippen LogP) is 2.67. The third-order valence-corrected chi connectivity index (χ3v) is 4.45. The van der Waals surface area contributed by atoms with Crippen LogP contribution in [0.2, 0.25) is 0 Å². The molecule has 1 aliphatic rings. The van der Waals surface area contributed by atoms with Crippen molar-refractivity contribution in [2.24, 2.45) is 0 Å². The molecule has 1 saturated carbocycles. The van der Waals surface area contributed by atoms with E-state index in [-0.39, 0.29) is 0 Å². The van der Waals surface area contributed by atoms with Gasteiger partial charge in [-0.2, -0.15) is 11.8 Å². The fraction of sp³-hybridized carbons (Fsp3) is 0.875. The first kappa shape index (κ1) is 9.84. The van der Waals surface area contributed by atoms with Crippen LogP contribution < -0.4 is 0 Å². The molecule has 0 N–H and O–H groups in total. The van der Waals surface area contributed by atoms with Gasteiger partial charge in [0.15, 0.2) is 0 Å². The summed E-state index contributed by atoms with van der Waals surface area (Å²) in [7, 11) is 0. The van der Waals surface area contributed by atoms with E-state index in [2.05, 4.69) is 22.6 Å². The average Bonchev–Trinajstić information content (AvgIpc) is 2.01. The van der Waals surface area contributed by atoms with Crippen LogP contribution in [0.3, 0.4) is 0 Å². The molecule has 1 rings (SSSR count). The molecule has 0 saturated heterocycles. The molecular weight excluding hydrogens is 271 g/mol. The van der Waals surface area contributed by atoms with E-state index in [9.17, 15) is 4.79 Å². The lowest BCUT2D eigenvalue weighted by atomic mass is 9.99. The molecular formula is C8H13IOS. The molecule has 0 amide bonds. The van der Waals surface area contributed by atoms with E-state index in [0.717, 1.165) is 19.3 Å². The molecule has 0 aromatic carbocycles. The van der Waals surface area contributed by atoms with Crippen LogP contribution in [0.25, 0.3) is 0 Å². The summed E-state index contributed by atoms with van der Waals surface area (Å²) in [6.45, 7) is 0. The monoisotopic (exact) mass is 284 g/mol. The molecule has 1 aliphatic carbocycles. The second-order valence-corrected chi connectivity index (χ2v) is 5.30. The highest BCUT2D eigenvalue weighted by Gasteiger charge is 2.18. The lowest BCUT2D eigenvalue weighted by Gasteiger charge is -2.19. The molecule has 0 bridgehead atoms. The van der Waals surface area contributed by atoms with Crippen LogP contribution in [0.1, 0.15) is 25.7 Å². The number of ketones is 1. The molecule has 1 unspecified atom stereocenters. The minimum absolute atomic E-state index is 0.474. The predicted molar refractivity (Wildman–Crippen MR) is 58.6 cm³/mol. The number of carbonyl (C=O) groups excluding carboxylic acids is 1. The van der Waals surface area contributed by atoms with E-state index in [1.165, 1.54) is 16.6 Å². The number of thioether (sulfide) groups is 1. The molecule has 0 aromatic rings. The Hall–Kier alpha value is 0.750. The van der Waals surface area contributed by atoms with Crippen LogP contribution in [0, 0.1) is 0 Å². The number of alkyl halides is 1. The van der Waals surface area contributed by atoms with Gasteiger partial charge in [0, 0.05) is 28.3 Å². The second-order valence-electron chi connectivity index (χ2n) is 2.82. The van der Waals surface area contributed by atoms with E-state index in [1.54, 1.807) is 0 Å². The van der Waals surface area contributed by atoms with Crippen molar-refractivity contribution in [1.82, 2.24) is 0 Å². The van der Waals surface area contributed by atoms with Crippen LogP contribution in [-0.2, 0) is 4.79 Å². The van der Waals surface area contributed by atoms with Crippen LogP contribution in [0.15, 0.2) is 0 Å². The van der Waals surface area contributed by atoms with E-state index in [1.807, 2.05) is 11.8 Å². The summed E-state index contributed by atoms with van der Waals surface area (Å²) in [6, 6.07) is 0. The quantitative estimate of drug-likeness (QED) is 0.585. The summed E-state index contributed by atoms with van der Waals surface area (Å²) < 4.78 is 1.20. The summed E-state index contributed by atoms with van der Waals surface area (Å²) >= 11 is 4.36. The minimum atomic E-state index is 0.474. The summed E-state index contributed by atoms with van der Waals surface area (Å²) in [5.74, 6) is 1.68. The van der Waals surface area contributed by atoms with Crippen LogP contribution in [-0.4, -0.2) is 21.2 Å². The van der Waals surface area contributed by atoms with Gasteiger partial charge in [0.2, 0.25) is 0 Å².